The lowest BCUT2D eigenvalue weighted by atomic mass is 10.0. The molecule has 0 unspecified atom stereocenters. The number of ether oxygens (including phenoxy) is 4. The van der Waals surface area contributed by atoms with Gasteiger partial charge in [0, 0.05) is 25.3 Å². The Morgan fingerprint density at radius 1 is 1.30 bits per heavy atom. The monoisotopic (exact) mass is 434 g/mol. The molecular weight excluding hydrogens is 408 g/mol. The molecule has 0 radical (unpaired) electrons. The SMILES string of the molecule is CO/C=C(/C(=O)OC)c1ccccc1COc1nn(CC2CCOCC2)c(Cl)c1C. The summed E-state index contributed by atoms with van der Waals surface area (Å²) >= 11 is 6.50. The van der Waals surface area contributed by atoms with Crippen LogP contribution < -0.4 is 4.74 Å². The van der Waals surface area contributed by atoms with E-state index in [4.69, 9.17) is 30.5 Å². The van der Waals surface area contributed by atoms with Gasteiger partial charge in [0.15, 0.2) is 0 Å². The number of esters is 1. The number of nitrogens with zero attached hydrogens (tertiary/aromatic N) is 2. The van der Waals surface area contributed by atoms with Crippen molar-refractivity contribution in [2.75, 3.05) is 27.4 Å². The van der Waals surface area contributed by atoms with Gasteiger partial charge < -0.3 is 18.9 Å². The van der Waals surface area contributed by atoms with Gasteiger partial charge in [-0.2, -0.15) is 0 Å². The second-order valence-corrected chi connectivity index (χ2v) is 7.52. The van der Waals surface area contributed by atoms with Gasteiger partial charge in [-0.1, -0.05) is 35.9 Å². The lowest BCUT2D eigenvalue weighted by Crippen LogP contribution is -2.21. The summed E-state index contributed by atoms with van der Waals surface area (Å²) in [6.45, 7) is 4.41. The lowest BCUT2D eigenvalue weighted by molar-refractivity contribution is -0.133. The van der Waals surface area contributed by atoms with Crippen LogP contribution in [0.2, 0.25) is 5.15 Å². The Kier molecular flexibility index (Phi) is 7.76. The molecule has 1 aromatic heterocycles. The van der Waals surface area contributed by atoms with Crippen molar-refractivity contribution >= 4 is 23.1 Å². The number of halogens is 1. The quantitative estimate of drug-likeness (QED) is 0.355. The predicted octanol–water partition coefficient (Wildman–Crippen LogP) is 4.01. The fourth-order valence-corrected chi connectivity index (χ4v) is 3.63. The van der Waals surface area contributed by atoms with Gasteiger partial charge in [0.05, 0.1) is 20.5 Å². The molecule has 1 aliphatic rings. The van der Waals surface area contributed by atoms with Gasteiger partial charge in [0.1, 0.15) is 17.3 Å². The van der Waals surface area contributed by atoms with Gasteiger partial charge in [-0.15, -0.1) is 5.10 Å². The summed E-state index contributed by atoms with van der Waals surface area (Å²) in [6.07, 6.45) is 3.37. The van der Waals surface area contributed by atoms with Crippen molar-refractivity contribution in [3.8, 4) is 5.88 Å². The van der Waals surface area contributed by atoms with E-state index in [1.54, 1.807) is 4.68 Å². The van der Waals surface area contributed by atoms with Gasteiger partial charge in [-0.05, 0) is 36.8 Å². The van der Waals surface area contributed by atoms with E-state index in [0.717, 1.165) is 43.7 Å². The Balaban J connectivity index is 1.77. The molecule has 162 valence electrons. The van der Waals surface area contributed by atoms with Crippen molar-refractivity contribution in [1.82, 2.24) is 9.78 Å². The highest BCUT2D eigenvalue weighted by Gasteiger charge is 2.21. The molecule has 0 aliphatic carbocycles. The number of aromatic nitrogens is 2. The molecular formula is C22H27ClN2O5. The molecule has 0 spiro atoms. The summed E-state index contributed by atoms with van der Waals surface area (Å²) in [5.74, 6) is 0.493. The number of carbonyl (C=O) groups is 1. The number of hydrogen-bond donors (Lipinski definition) is 0. The molecule has 8 heteroatoms. The Bertz CT molecular complexity index is 903. The number of hydrogen-bond acceptors (Lipinski definition) is 6. The van der Waals surface area contributed by atoms with Gasteiger partial charge in [0.2, 0.25) is 5.88 Å². The highest BCUT2D eigenvalue weighted by molar-refractivity contribution is 6.30. The van der Waals surface area contributed by atoms with Crippen molar-refractivity contribution in [2.24, 2.45) is 5.92 Å². The van der Waals surface area contributed by atoms with Crippen LogP contribution in [0, 0.1) is 12.8 Å². The summed E-state index contributed by atoms with van der Waals surface area (Å²) in [7, 11) is 2.82. The summed E-state index contributed by atoms with van der Waals surface area (Å²) < 4.78 is 23.2. The van der Waals surface area contributed by atoms with Gasteiger partial charge in [-0.25, -0.2) is 9.48 Å². The first kappa shape index (κ1) is 22.2. The van der Waals surface area contributed by atoms with Crippen LogP contribution in [-0.4, -0.2) is 43.2 Å². The minimum absolute atomic E-state index is 0.222. The first-order chi connectivity index (χ1) is 14.5. The highest BCUT2D eigenvalue weighted by atomic mass is 35.5. The largest absolute Gasteiger partial charge is 0.503 e. The summed E-state index contributed by atoms with van der Waals surface area (Å²) in [5.41, 5.74) is 2.60. The smallest absolute Gasteiger partial charge is 0.341 e. The second-order valence-electron chi connectivity index (χ2n) is 7.16. The van der Waals surface area contributed by atoms with Gasteiger partial charge in [0.25, 0.3) is 0 Å². The van der Waals surface area contributed by atoms with Crippen LogP contribution >= 0.6 is 11.6 Å². The van der Waals surface area contributed by atoms with E-state index in [-0.39, 0.29) is 6.61 Å². The molecule has 0 bridgehead atoms. The van der Waals surface area contributed by atoms with Gasteiger partial charge >= 0.3 is 5.97 Å². The van der Waals surface area contributed by atoms with Crippen LogP contribution in [0.1, 0.15) is 29.5 Å². The fraction of sp³-hybridized carbons (Fsp3) is 0.455. The summed E-state index contributed by atoms with van der Waals surface area (Å²) in [6, 6.07) is 7.44. The van der Waals surface area contributed by atoms with E-state index < -0.39 is 5.97 Å². The second kappa shape index (κ2) is 10.5. The van der Waals surface area contributed by atoms with Crippen LogP contribution in [0.4, 0.5) is 0 Å². The molecule has 2 heterocycles. The Labute approximate surface area is 181 Å². The zero-order valence-corrected chi connectivity index (χ0v) is 18.3. The van der Waals surface area contributed by atoms with Crippen molar-refractivity contribution < 1.29 is 23.7 Å². The average Bonchev–Trinajstić information content (AvgIpc) is 3.04. The van der Waals surface area contributed by atoms with Crippen molar-refractivity contribution in [3.63, 3.8) is 0 Å². The molecule has 1 saturated heterocycles. The topological polar surface area (TPSA) is 71.8 Å². The van der Waals surface area contributed by atoms with Crippen molar-refractivity contribution in [3.05, 3.63) is 52.4 Å². The van der Waals surface area contributed by atoms with E-state index in [1.165, 1.54) is 20.5 Å². The minimum Gasteiger partial charge on any atom is -0.503 e. The van der Waals surface area contributed by atoms with Gasteiger partial charge in [-0.3, -0.25) is 0 Å². The van der Waals surface area contributed by atoms with Crippen molar-refractivity contribution in [2.45, 2.75) is 32.9 Å². The molecule has 1 aliphatic heterocycles. The maximum Gasteiger partial charge on any atom is 0.341 e. The minimum atomic E-state index is -0.482. The maximum atomic E-state index is 12.2. The van der Waals surface area contributed by atoms with E-state index >= 15 is 0 Å². The summed E-state index contributed by atoms with van der Waals surface area (Å²) in [4.78, 5) is 12.2. The fourth-order valence-electron chi connectivity index (χ4n) is 3.45. The summed E-state index contributed by atoms with van der Waals surface area (Å²) in [5, 5.41) is 5.15. The zero-order valence-electron chi connectivity index (χ0n) is 17.5. The molecule has 7 nitrogen and oxygen atoms in total. The molecule has 1 aromatic carbocycles. The van der Waals surface area contributed by atoms with Crippen molar-refractivity contribution in [1.29, 1.82) is 0 Å². The normalized spacial score (nSPS) is 15.1. The number of methoxy groups -OCH3 is 2. The molecule has 0 atom stereocenters. The molecule has 30 heavy (non-hydrogen) atoms. The Hall–Kier alpha value is -2.51. The molecule has 0 N–H and O–H groups in total. The van der Waals surface area contributed by atoms with E-state index in [1.807, 2.05) is 31.2 Å². The Morgan fingerprint density at radius 3 is 2.73 bits per heavy atom. The standard InChI is InChI=1S/C22H27ClN2O5/c1-15-20(23)25(12-16-8-10-29-11-9-16)24-21(15)30-13-17-6-4-5-7-18(17)19(14-27-2)22(26)28-3/h4-7,14,16H,8-13H2,1-3H3/b19-14+. The molecule has 0 saturated carbocycles. The third kappa shape index (κ3) is 5.15. The maximum absolute atomic E-state index is 12.2. The highest BCUT2D eigenvalue weighted by Crippen LogP contribution is 2.29. The first-order valence-corrected chi connectivity index (χ1v) is 10.3. The van der Waals surface area contributed by atoms with Crippen LogP contribution in [0.15, 0.2) is 30.5 Å². The molecule has 2 aromatic rings. The van der Waals surface area contributed by atoms with Crippen LogP contribution in [0.3, 0.4) is 0 Å². The number of rotatable bonds is 8. The van der Waals surface area contributed by atoms with Crippen LogP contribution in [0.5, 0.6) is 5.88 Å². The average molecular weight is 435 g/mol. The Morgan fingerprint density at radius 2 is 2.03 bits per heavy atom. The number of benzene rings is 1. The predicted molar refractivity (Wildman–Crippen MR) is 113 cm³/mol. The third-order valence-corrected chi connectivity index (χ3v) is 5.63. The van der Waals surface area contributed by atoms with Crippen LogP contribution in [0.25, 0.3) is 5.57 Å². The van der Waals surface area contributed by atoms with E-state index in [2.05, 4.69) is 5.10 Å². The molecule has 1 fully saturated rings. The van der Waals surface area contributed by atoms with E-state index in [0.29, 0.717) is 28.1 Å². The van der Waals surface area contributed by atoms with E-state index in [9.17, 15) is 4.79 Å². The number of carbonyl (C=O) groups excluding carboxylic acids is 1. The molecule has 0 amide bonds. The zero-order chi connectivity index (χ0) is 21.5. The lowest BCUT2D eigenvalue weighted by Gasteiger charge is -2.21. The first-order valence-electron chi connectivity index (χ1n) is 9.88. The third-order valence-electron chi connectivity index (χ3n) is 5.15. The molecule has 3 rings (SSSR count). The van der Waals surface area contributed by atoms with Crippen LogP contribution in [-0.2, 0) is 32.2 Å².